The van der Waals surface area contributed by atoms with E-state index < -0.39 is 12.2 Å². The van der Waals surface area contributed by atoms with Crippen LogP contribution in [0.4, 0.5) is 0 Å². The monoisotopic (exact) mass is 442 g/mol. The van der Waals surface area contributed by atoms with E-state index in [-0.39, 0.29) is 22.9 Å². The molecule has 0 aromatic rings. The Bertz CT molecular complexity index is 857. The molecule has 0 spiro atoms. The van der Waals surface area contributed by atoms with Crippen molar-refractivity contribution in [3.63, 3.8) is 0 Å². The molecule has 0 aromatic carbocycles. The summed E-state index contributed by atoms with van der Waals surface area (Å²) in [6.45, 7) is 11.1. The van der Waals surface area contributed by atoms with Gasteiger partial charge in [0.15, 0.2) is 0 Å². The van der Waals surface area contributed by atoms with E-state index in [1.165, 1.54) is 30.4 Å². The molecule has 0 radical (unpaired) electrons. The molecule has 4 heteroatoms. The molecule has 32 heavy (non-hydrogen) atoms. The van der Waals surface area contributed by atoms with Crippen molar-refractivity contribution in [2.24, 2.45) is 40.4 Å². The number of hydrogen-bond donors (Lipinski definition) is 2. The summed E-state index contributed by atoms with van der Waals surface area (Å²) in [5, 5.41) is 21.4. The van der Waals surface area contributed by atoms with Gasteiger partial charge in [0.05, 0.1) is 12.2 Å². The molecule has 5 aliphatic rings. The van der Waals surface area contributed by atoms with Gasteiger partial charge in [0.25, 0.3) is 0 Å². The third-order valence-corrected chi connectivity index (χ3v) is 11.2. The van der Waals surface area contributed by atoms with Crippen molar-refractivity contribution in [2.75, 3.05) is 0 Å². The van der Waals surface area contributed by atoms with Gasteiger partial charge in [-0.3, -0.25) is 0 Å². The molecule has 3 saturated carbocycles. The number of carbonyl (C=O) groups excluding carboxylic acids is 1. The van der Waals surface area contributed by atoms with Gasteiger partial charge in [0.2, 0.25) is 0 Å². The molecule has 4 nitrogen and oxygen atoms in total. The number of aliphatic hydroxyl groups is 2. The van der Waals surface area contributed by atoms with E-state index in [1.807, 2.05) is 6.92 Å². The summed E-state index contributed by atoms with van der Waals surface area (Å²) < 4.78 is 5.92. The average Bonchev–Trinajstić information content (AvgIpc) is 3.09. The third kappa shape index (κ3) is 3.11. The molecule has 0 saturated heterocycles. The molecule has 1 aliphatic heterocycles. The predicted octanol–water partition coefficient (Wildman–Crippen LogP) is 5.19. The lowest BCUT2D eigenvalue weighted by Gasteiger charge is -2.59. The van der Waals surface area contributed by atoms with Gasteiger partial charge in [0, 0.05) is 23.8 Å². The van der Waals surface area contributed by atoms with Crippen LogP contribution < -0.4 is 0 Å². The van der Waals surface area contributed by atoms with Crippen LogP contribution in [0.2, 0.25) is 0 Å². The number of allylic oxidation sites excluding steroid dienone is 1. The van der Waals surface area contributed by atoms with Gasteiger partial charge in [-0.1, -0.05) is 38.0 Å². The molecule has 10 atom stereocenters. The number of hydrogen-bond acceptors (Lipinski definition) is 4. The normalized spacial score (nSPS) is 49.5. The maximum absolute atomic E-state index is 12.4. The maximum atomic E-state index is 12.4. The minimum atomic E-state index is -0.439. The van der Waals surface area contributed by atoms with Crippen molar-refractivity contribution >= 4 is 5.97 Å². The Morgan fingerprint density at radius 2 is 1.84 bits per heavy atom. The Balaban J connectivity index is 1.39. The highest BCUT2D eigenvalue weighted by Gasteiger charge is 2.61. The molecule has 0 amide bonds. The molecule has 5 rings (SSSR count). The van der Waals surface area contributed by atoms with Crippen LogP contribution in [0.1, 0.15) is 86.0 Å². The number of fused-ring (bicyclic) bond motifs is 5. The second kappa shape index (κ2) is 7.70. The van der Waals surface area contributed by atoms with E-state index in [4.69, 9.17) is 4.74 Å². The quantitative estimate of drug-likeness (QED) is 0.456. The van der Waals surface area contributed by atoms with Crippen molar-refractivity contribution in [3.8, 4) is 0 Å². The summed E-state index contributed by atoms with van der Waals surface area (Å²) in [6.07, 6.45) is 9.58. The van der Waals surface area contributed by atoms with Crippen LogP contribution in [0.25, 0.3) is 0 Å². The van der Waals surface area contributed by atoms with Gasteiger partial charge in [-0.25, -0.2) is 4.79 Å². The van der Waals surface area contributed by atoms with E-state index in [9.17, 15) is 15.0 Å². The van der Waals surface area contributed by atoms with E-state index in [0.717, 1.165) is 31.3 Å². The fourth-order valence-electron chi connectivity index (χ4n) is 9.05. The van der Waals surface area contributed by atoms with Crippen LogP contribution in [-0.2, 0) is 9.53 Å². The predicted molar refractivity (Wildman–Crippen MR) is 125 cm³/mol. The maximum Gasteiger partial charge on any atom is 0.333 e. The van der Waals surface area contributed by atoms with Crippen molar-refractivity contribution in [2.45, 2.75) is 104 Å². The Morgan fingerprint density at radius 3 is 2.56 bits per heavy atom. The molecule has 1 heterocycles. The third-order valence-electron chi connectivity index (χ3n) is 11.2. The van der Waals surface area contributed by atoms with Gasteiger partial charge < -0.3 is 14.9 Å². The second-order valence-corrected chi connectivity index (χ2v) is 12.4. The average molecular weight is 443 g/mol. The topological polar surface area (TPSA) is 66.8 Å². The molecular formula is C28H42O4. The standard InChI is InChI=1S/C28H42O4/c1-15-12-24(32-26(31)16(15)2)17(3)21-8-9-22-20-7-6-18-13-19(29)14-25(30)28(18,5)23(20)10-11-27(21,22)4/h6,17,19-25,29-30H,7-14H2,1-5H3. The fraction of sp³-hybridized carbons (Fsp3) is 0.821. The smallest absolute Gasteiger partial charge is 0.333 e. The van der Waals surface area contributed by atoms with E-state index in [0.29, 0.717) is 36.0 Å². The van der Waals surface area contributed by atoms with Crippen LogP contribution in [-0.4, -0.2) is 34.5 Å². The lowest BCUT2D eigenvalue weighted by Crippen LogP contribution is -2.56. The zero-order valence-electron chi connectivity index (χ0n) is 20.6. The van der Waals surface area contributed by atoms with Crippen LogP contribution >= 0.6 is 0 Å². The van der Waals surface area contributed by atoms with Crippen LogP contribution in [0.5, 0.6) is 0 Å². The van der Waals surface area contributed by atoms with Gasteiger partial charge in [-0.2, -0.15) is 0 Å². The van der Waals surface area contributed by atoms with Crippen LogP contribution in [0, 0.1) is 40.4 Å². The number of carbonyl (C=O) groups is 1. The first-order valence-corrected chi connectivity index (χ1v) is 13.0. The Hall–Kier alpha value is -1.13. The van der Waals surface area contributed by atoms with Crippen molar-refractivity contribution in [1.29, 1.82) is 0 Å². The first-order valence-electron chi connectivity index (χ1n) is 13.0. The lowest BCUT2D eigenvalue weighted by molar-refractivity contribution is -0.152. The summed E-state index contributed by atoms with van der Waals surface area (Å²) in [4.78, 5) is 12.4. The summed E-state index contributed by atoms with van der Waals surface area (Å²) in [7, 11) is 0. The lowest BCUT2D eigenvalue weighted by atomic mass is 9.46. The Kier molecular flexibility index (Phi) is 5.45. The SMILES string of the molecule is CC1=C(C)C(=O)OC(C(C)C2CCC3C4CC=C5CC(O)CC(O)C5(C)C4CCC23C)C1. The van der Waals surface area contributed by atoms with Crippen molar-refractivity contribution in [3.05, 3.63) is 22.8 Å². The molecule has 3 fully saturated rings. The molecule has 0 aromatic heterocycles. The largest absolute Gasteiger partial charge is 0.458 e. The number of rotatable bonds is 2. The summed E-state index contributed by atoms with van der Waals surface area (Å²) in [6, 6.07) is 0. The number of ether oxygens (including phenoxy) is 1. The zero-order chi connectivity index (χ0) is 23.0. The second-order valence-electron chi connectivity index (χ2n) is 12.4. The van der Waals surface area contributed by atoms with Gasteiger partial charge in [0.1, 0.15) is 6.10 Å². The van der Waals surface area contributed by atoms with Crippen LogP contribution in [0.15, 0.2) is 22.8 Å². The highest BCUT2D eigenvalue weighted by atomic mass is 16.5. The fourth-order valence-corrected chi connectivity index (χ4v) is 9.05. The minimum Gasteiger partial charge on any atom is -0.458 e. The molecule has 2 N–H and O–H groups in total. The van der Waals surface area contributed by atoms with Crippen molar-refractivity contribution in [1.82, 2.24) is 0 Å². The summed E-state index contributed by atoms with van der Waals surface area (Å²) in [5.41, 5.74) is 3.39. The number of esters is 1. The highest BCUT2D eigenvalue weighted by Crippen LogP contribution is 2.67. The van der Waals surface area contributed by atoms with E-state index >= 15 is 0 Å². The summed E-state index contributed by atoms with van der Waals surface area (Å²) in [5.74, 6) is 2.61. The van der Waals surface area contributed by atoms with Gasteiger partial charge in [-0.15, -0.1) is 0 Å². The minimum absolute atomic E-state index is 0.00141. The molecule has 10 unspecified atom stereocenters. The van der Waals surface area contributed by atoms with Gasteiger partial charge >= 0.3 is 5.97 Å². The zero-order valence-corrected chi connectivity index (χ0v) is 20.6. The number of cyclic esters (lactones) is 1. The van der Waals surface area contributed by atoms with Crippen molar-refractivity contribution < 1.29 is 19.7 Å². The molecule has 178 valence electrons. The molecular weight excluding hydrogens is 400 g/mol. The van der Waals surface area contributed by atoms with Gasteiger partial charge in [-0.05, 0) is 87.4 Å². The number of aliphatic hydroxyl groups excluding tert-OH is 2. The first kappa shape index (κ1) is 22.7. The van der Waals surface area contributed by atoms with Crippen LogP contribution in [0.3, 0.4) is 0 Å². The molecule has 4 aliphatic carbocycles. The van der Waals surface area contributed by atoms with E-state index in [2.05, 4.69) is 33.8 Å². The first-order chi connectivity index (χ1) is 15.1. The highest BCUT2D eigenvalue weighted by molar-refractivity contribution is 5.89. The Morgan fingerprint density at radius 1 is 1.09 bits per heavy atom. The van der Waals surface area contributed by atoms with E-state index in [1.54, 1.807) is 0 Å². The Labute approximate surface area is 193 Å². The molecule has 0 bridgehead atoms. The summed E-state index contributed by atoms with van der Waals surface area (Å²) >= 11 is 0.